The van der Waals surface area contributed by atoms with Crippen molar-refractivity contribution in [3.05, 3.63) is 185 Å². The van der Waals surface area contributed by atoms with E-state index in [1.165, 1.54) is 103 Å². The van der Waals surface area contributed by atoms with Gasteiger partial charge in [-0.2, -0.15) is 0 Å². The number of fused-ring (bicyclic) bond motifs is 9. The van der Waals surface area contributed by atoms with E-state index < -0.39 is 0 Å². The van der Waals surface area contributed by atoms with E-state index in [4.69, 9.17) is 9.97 Å². The van der Waals surface area contributed by atoms with Crippen molar-refractivity contribution in [2.45, 2.75) is 40.5 Å². The largest absolute Gasteiger partial charge is 0.252 e. The highest BCUT2D eigenvalue weighted by Crippen LogP contribution is 2.45. The second-order valence-electron chi connectivity index (χ2n) is 16.5. The van der Waals surface area contributed by atoms with Crippen molar-refractivity contribution in [1.29, 1.82) is 0 Å². The SMILES string of the molecule is Cc1cc(C)cc(-c2ccc3sc4c(-c5cccc(-c6cccc(-c7cnc8c(n7)c7c(c9ccccc98)CCC=C7)c6)c5)cc(-c5cc(C)cc(C)c5)cc4c3c2)c1. The minimum atomic E-state index is 0.889. The van der Waals surface area contributed by atoms with Crippen LogP contribution in [-0.2, 0) is 6.42 Å². The van der Waals surface area contributed by atoms with Crippen LogP contribution in [0.4, 0.5) is 0 Å². The Morgan fingerprint density at radius 1 is 0.475 bits per heavy atom. The van der Waals surface area contributed by atoms with Gasteiger partial charge in [-0.1, -0.05) is 138 Å². The van der Waals surface area contributed by atoms with Crippen LogP contribution >= 0.6 is 11.3 Å². The molecule has 0 spiro atoms. The van der Waals surface area contributed by atoms with Crippen molar-refractivity contribution in [2.75, 3.05) is 0 Å². The molecule has 282 valence electrons. The van der Waals surface area contributed by atoms with Gasteiger partial charge in [-0.05, 0) is 127 Å². The Bertz CT molecular complexity index is 3340. The number of rotatable bonds is 5. The molecule has 0 aliphatic heterocycles. The first kappa shape index (κ1) is 35.5. The van der Waals surface area contributed by atoms with Crippen LogP contribution in [0, 0.1) is 27.7 Å². The summed E-state index contributed by atoms with van der Waals surface area (Å²) < 4.78 is 2.62. The van der Waals surface area contributed by atoms with Crippen LogP contribution in [0.5, 0.6) is 0 Å². The fraction of sp³-hybridized carbons (Fsp3) is 0.107. The molecule has 59 heavy (non-hydrogen) atoms. The van der Waals surface area contributed by atoms with E-state index in [1.807, 2.05) is 17.5 Å². The van der Waals surface area contributed by atoms with E-state index in [-0.39, 0.29) is 0 Å². The Labute approximate surface area is 349 Å². The lowest BCUT2D eigenvalue weighted by Crippen LogP contribution is -2.01. The van der Waals surface area contributed by atoms with Crippen LogP contribution in [-0.4, -0.2) is 9.97 Å². The van der Waals surface area contributed by atoms with Gasteiger partial charge in [0.2, 0.25) is 0 Å². The molecule has 0 bridgehead atoms. The van der Waals surface area contributed by atoms with Crippen molar-refractivity contribution in [3.63, 3.8) is 0 Å². The second-order valence-corrected chi connectivity index (χ2v) is 17.5. The van der Waals surface area contributed by atoms with Crippen molar-refractivity contribution in [1.82, 2.24) is 9.97 Å². The predicted molar refractivity (Wildman–Crippen MR) is 253 cm³/mol. The van der Waals surface area contributed by atoms with Gasteiger partial charge in [0.1, 0.15) is 0 Å². The summed E-state index contributed by atoms with van der Waals surface area (Å²) in [4.78, 5) is 10.4. The number of hydrogen-bond acceptors (Lipinski definition) is 3. The lowest BCUT2D eigenvalue weighted by Gasteiger charge is -2.17. The summed E-state index contributed by atoms with van der Waals surface area (Å²) in [6.45, 7) is 8.76. The standard InChI is InChI=1S/C56H42N2S/c1-33-21-34(2)24-42(23-33)39-19-20-53-50(29-39)51-31-44(43-25-35(3)22-36(4)26-43)30-49(56(51)59-53)40-13-9-11-37(27-40)38-12-10-14-41(28-38)52-32-57-54-47-17-7-5-15-45(47)46-16-6-8-18-48(46)55(54)58-52/h5,7-15,17-32H,6,16H2,1-4H3. The number of thiophene rings is 1. The molecule has 2 heterocycles. The number of aromatic nitrogens is 2. The maximum atomic E-state index is 5.34. The summed E-state index contributed by atoms with van der Waals surface area (Å²) in [6, 6.07) is 52.1. The summed E-state index contributed by atoms with van der Waals surface area (Å²) in [5, 5.41) is 5.07. The summed E-state index contributed by atoms with van der Waals surface area (Å²) in [7, 11) is 0. The first-order valence-corrected chi connectivity index (χ1v) is 21.4. The third-order valence-corrected chi connectivity index (χ3v) is 13.3. The lowest BCUT2D eigenvalue weighted by atomic mass is 9.90. The number of hydrogen-bond donors (Lipinski definition) is 0. The average molecular weight is 775 g/mol. The van der Waals surface area contributed by atoms with Gasteiger partial charge in [0.15, 0.2) is 0 Å². The zero-order chi connectivity index (χ0) is 39.8. The van der Waals surface area contributed by atoms with Crippen LogP contribution in [0.15, 0.2) is 152 Å². The Hall–Kier alpha value is -6.68. The van der Waals surface area contributed by atoms with Crippen LogP contribution in [0.1, 0.15) is 39.8 Å². The summed E-state index contributed by atoms with van der Waals surface area (Å²) >= 11 is 1.90. The van der Waals surface area contributed by atoms with E-state index in [2.05, 4.69) is 179 Å². The van der Waals surface area contributed by atoms with Gasteiger partial charge in [-0.25, -0.2) is 4.98 Å². The normalized spacial score (nSPS) is 12.5. The third kappa shape index (κ3) is 6.25. The summed E-state index contributed by atoms with van der Waals surface area (Å²) in [5.74, 6) is 0. The molecule has 0 radical (unpaired) electrons. The molecule has 3 heteroatoms. The first-order valence-electron chi connectivity index (χ1n) is 20.6. The van der Waals surface area contributed by atoms with Crippen LogP contribution < -0.4 is 0 Å². The molecule has 0 saturated heterocycles. The van der Waals surface area contributed by atoms with Gasteiger partial charge in [0.25, 0.3) is 0 Å². The lowest BCUT2D eigenvalue weighted by molar-refractivity contribution is 0.998. The number of nitrogens with zero attached hydrogens (tertiary/aromatic N) is 2. The molecule has 0 unspecified atom stereocenters. The third-order valence-electron chi connectivity index (χ3n) is 12.1. The van der Waals surface area contributed by atoms with Crippen LogP contribution in [0.3, 0.4) is 0 Å². The molecule has 0 amide bonds. The number of allylic oxidation sites excluding steroid dienone is 1. The topological polar surface area (TPSA) is 25.8 Å². The molecule has 1 aliphatic rings. The molecule has 0 fully saturated rings. The molecule has 0 N–H and O–H groups in total. The van der Waals surface area contributed by atoms with E-state index >= 15 is 0 Å². The molecule has 1 aliphatic carbocycles. The van der Waals surface area contributed by atoms with Gasteiger partial charge < -0.3 is 0 Å². The Kier molecular flexibility index (Phi) is 8.42. The fourth-order valence-corrected chi connectivity index (χ4v) is 10.7. The minimum absolute atomic E-state index is 0.889. The molecular weight excluding hydrogens is 733 g/mol. The number of aryl methyl sites for hydroxylation is 5. The summed E-state index contributed by atoms with van der Waals surface area (Å²) in [5.41, 5.74) is 21.4. The molecule has 2 aromatic heterocycles. The highest BCUT2D eigenvalue weighted by molar-refractivity contribution is 7.26. The van der Waals surface area contributed by atoms with Gasteiger partial charge in [-0.15, -0.1) is 11.3 Å². The van der Waals surface area contributed by atoms with Crippen LogP contribution in [0.25, 0.3) is 104 Å². The molecule has 0 saturated carbocycles. The second kappa shape index (κ2) is 14.0. The maximum Gasteiger partial charge on any atom is 0.0975 e. The molecule has 2 nitrogen and oxygen atoms in total. The van der Waals surface area contributed by atoms with Crippen molar-refractivity contribution in [2.24, 2.45) is 0 Å². The molecule has 8 aromatic carbocycles. The van der Waals surface area contributed by atoms with E-state index in [0.717, 1.165) is 40.7 Å². The first-order chi connectivity index (χ1) is 28.8. The molecule has 10 aromatic rings. The Morgan fingerprint density at radius 3 is 1.83 bits per heavy atom. The Balaban J connectivity index is 1.05. The van der Waals surface area contributed by atoms with E-state index in [0.29, 0.717) is 0 Å². The summed E-state index contributed by atoms with van der Waals surface area (Å²) in [6.07, 6.45) is 8.55. The molecule has 11 rings (SSSR count). The van der Waals surface area contributed by atoms with Crippen molar-refractivity contribution in [3.8, 4) is 55.8 Å². The minimum Gasteiger partial charge on any atom is -0.252 e. The quantitative estimate of drug-likeness (QED) is 0.163. The zero-order valence-electron chi connectivity index (χ0n) is 33.7. The van der Waals surface area contributed by atoms with E-state index in [9.17, 15) is 0 Å². The molecular formula is C56H42N2S. The monoisotopic (exact) mass is 774 g/mol. The van der Waals surface area contributed by atoms with Crippen molar-refractivity contribution < 1.29 is 0 Å². The predicted octanol–water partition coefficient (Wildman–Crippen LogP) is 15.7. The maximum absolute atomic E-state index is 5.34. The number of benzene rings is 8. The van der Waals surface area contributed by atoms with Gasteiger partial charge in [0.05, 0.1) is 22.9 Å². The Morgan fingerprint density at radius 2 is 1.08 bits per heavy atom. The van der Waals surface area contributed by atoms with Crippen LogP contribution in [0.2, 0.25) is 0 Å². The van der Waals surface area contributed by atoms with Gasteiger partial charge in [0, 0.05) is 42.2 Å². The zero-order valence-corrected chi connectivity index (χ0v) is 34.5. The average Bonchev–Trinajstić information content (AvgIpc) is 3.63. The highest BCUT2D eigenvalue weighted by atomic mass is 32.1. The van der Waals surface area contributed by atoms with Crippen molar-refractivity contribution >= 4 is 59.4 Å². The van der Waals surface area contributed by atoms with Gasteiger partial charge in [-0.3, -0.25) is 4.98 Å². The highest BCUT2D eigenvalue weighted by Gasteiger charge is 2.19. The van der Waals surface area contributed by atoms with Gasteiger partial charge >= 0.3 is 0 Å². The van der Waals surface area contributed by atoms with E-state index in [1.54, 1.807) is 0 Å². The molecule has 0 atom stereocenters. The smallest absolute Gasteiger partial charge is 0.0975 e. The fourth-order valence-electron chi connectivity index (χ4n) is 9.48.